The van der Waals surface area contributed by atoms with Crippen LogP contribution in [0, 0.1) is 0 Å². The van der Waals surface area contributed by atoms with Crippen molar-refractivity contribution in [3.63, 3.8) is 0 Å². The average Bonchev–Trinajstić information content (AvgIpc) is 3.06. The van der Waals surface area contributed by atoms with E-state index in [-0.39, 0.29) is 4.90 Å². The zero-order chi connectivity index (χ0) is 17.4. The van der Waals surface area contributed by atoms with Crippen molar-refractivity contribution < 1.29 is 13.5 Å². The Morgan fingerprint density at radius 1 is 1.17 bits per heavy atom. The van der Waals surface area contributed by atoms with Gasteiger partial charge in [-0.1, -0.05) is 18.2 Å². The van der Waals surface area contributed by atoms with E-state index in [0.29, 0.717) is 16.3 Å². The normalized spacial score (nSPS) is 14.3. The summed E-state index contributed by atoms with van der Waals surface area (Å²) in [7, 11) is -3.22. The highest BCUT2D eigenvalue weighted by molar-refractivity contribution is 7.90. The summed E-state index contributed by atoms with van der Waals surface area (Å²) < 4.78 is 23.0. The summed E-state index contributed by atoms with van der Waals surface area (Å²) in [6, 6.07) is 10.1. The Kier molecular flexibility index (Phi) is 4.25. The van der Waals surface area contributed by atoms with Gasteiger partial charge in [-0.15, -0.1) is 11.3 Å². The molecule has 1 N–H and O–H groups in total. The van der Waals surface area contributed by atoms with E-state index in [0.717, 1.165) is 5.56 Å². The maximum absolute atomic E-state index is 11.5. The highest BCUT2D eigenvalue weighted by atomic mass is 32.2. The van der Waals surface area contributed by atoms with Gasteiger partial charge in [-0.05, 0) is 25.1 Å². The largest absolute Gasteiger partial charge is 0.378 e. The van der Waals surface area contributed by atoms with Crippen LogP contribution in [0.2, 0.25) is 0 Å². The quantitative estimate of drug-likeness (QED) is 0.774. The summed E-state index contributed by atoms with van der Waals surface area (Å²) in [4.78, 5) is 8.81. The molecule has 1 unspecified atom stereocenters. The molecular formula is C17H16N2O3S2. The molecule has 124 valence electrons. The molecule has 1 aromatic carbocycles. The van der Waals surface area contributed by atoms with Crippen LogP contribution in [-0.4, -0.2) is 29.7 Å². The second kappa shape index (κ2) is 6.08. The Bertz CT molecular complexity index is 947. The molecule has 0 aliphatic carbocycles. The fourth-order valence-corrected chi connectivity index (χ4v) is 3.82. The van der Waals surface area contributed by atoms with Gasteiger partial charge in [-0.2, -0.15) is 0 Å². The van der Waals surface area contributed by atoms with E-state index in [9.17, 15) is 13.5 Å². The van der Waals surface area contributed by atoms with Crippen molar-refractivity contribution in [3.8, 4) is 11.3 Å². The molecule has 1 atom stereocenters. The number of thiazole rings is 1. The number of nitrogens with zero attached hydrogens (tertiary/aromatic N) is 2. The Hall–Kier alpha value is -2.09. The van der Waals surface area contributed by atoms with Gasteiger partial charge >= 0.3 is 0 Å². The van der Waals surface area contributed by atoms with Crippen molar-refractivity contribution in [2.45, 2.75) is 17.4 Å². The van der Waals surface area contributed by atoms with E-state index in [1.807, 2.05) is 5.38 Å². The van der Waals surface area contributed by atoms with Crippen LogP contribution in [0.4, 0.5) is 0 Å². The summed E-state index contributed by atoms with van der Waals surface area (Å²) in [5.74, 6) is 0. The van der Waals surface area contributed by atoms with Gasteiger partial charge in [0.25, 0.3) is 0 Å². The number of hydrogen-bond donors (Lipinski definition) is 1. The van der Waals surface area contributed by atoms with Crippen molar-refractivity contribution in [1.29, 1.82) is 0 Å². The number of sulfone groups is 1. The number of rotatable bonds is 4. The predicted molar refractivity (Wildman–Crippen MR) is 93.6 cm³/mol. The van der Waals surface area contributed by atoms with E-state index in [2.05, 4.69) is 9.97 Å². The van der Waals surface area contributed by atoms with Crippen LogP contribution >= 0.6 is 11.3 Å². The Morgan fingerprint density at radius 3 is 2.46 bits per heavy atom. The van der Waals surface area contributed by atoms with Crippen molar-refractivity contribution in [3.05, 3.63) is 64.7 Å². The molecule has 0 aliphatic heterocycles. The summed E-state index contributed by atoms with van der Waals surface area (Å²) in [6.07, 6.45) is 4.44. The maximum Gasteiger partial charge on any atom is 0.175 e. The third-order valence-corrected chi connectivity index (χ3v) is 5.90. The topological polar surface area (TPSA) is 80.2 Å². The molecule has 0 saturated heterocycles. The molecule has 3 aromatic rings. The molecule has 0 spiro atoms. The first-order valence-electron chi connectivity index (χ1n) is 7.18. The zero-order valence-corrected chi connectivity index (χ0v) is 14.8. The lowest BCUT2D eigenvalue weighted by molar-refractivity contribution is 0.102. The highest BCUT2D eigenvalue weighted by Crippen LogP contribution is 2.33. The van der Waals surface area contributed by atoms with Gasteiger partial charge in [0.2, 0.25) is 0 Å². The fraction of sp³-hybridized carbons (Fsp3) is 0.176. The van der Waals surface area contributed by atoms with Gasteiger partial charge in [0.15, 0.2) is 9.84 Å². The standard InChI is InChI=1S/C17H16N2O3S2/c1-17(20,13-4-3-9-18-10-13)16-19-15(11-23-16)12-5-7-14(8-6-12)24(2,21)22/h3-11,20H,1-2H3. The van der Waals surface area contributed by atoms with Crippen LogP contribution in [0.25, 0.3) is 11.3 Å². The highest BCUT2D eigenvalue weighted by Gasteiger charge is 2.29. The van der Waals surface area contributed by atoms with Gasteiger partial charge in [0.1, 0.15) is 10.6 Å². The minimum atomic E-state index is -3.22. The Balaban J connectivity index is 1.94. The van der Waals surface area contributed by atoms with Crippen molar-refractivity contribution in [2.24, 2.45) is 0 Å². The molecule has 0 saturated carbocycles. The molecule has 0 amide bonds. The number of pyridine rings is 1. The van der Waals surface area contributed by atoms with Gasteiger partial charge in [0.05, 0.1) is 10.6 Å². The SMILES string of the molecule is CC(O)(c1cccnc1)c1nc(-c2ccc(S(C)(=O)=O)cc2)cs1. The second-order valence-electron chi connectivity index (χ2n) is 5.65. The minimum absolute atomic E-state index is 0.268. The number of aliphatic hydroxyl groups is 1. The smallest absolute Gasteiger partial charge is 0.175 e. The molecule has 2 aromatic heterocycles. The van der Waals surface area contributed by atoms with Gasteiger partial charge < -0.3 is 5.11 Å². The molecular weight excluding hydrogens is 344 g/mol. The monoisotopic (exact) mass is 360 g/mol. The Morgan fingerprint density at radius 2 is 1.88 bits per heavy atom. The van der Waals surface area contributed by atoms with Crippen molar-refractivity contribution >= 4 is 21.2 Å². The van der Waals surface area contributed by atoms with Crippen LogP contribution in [0.3, 0.4) is 0 Å². The lowest BCUT2D eigenvalue weighted by Gasteiger charge is -2.20. The summed E-state index contributed by atoms with van der Waals surface area (Å²) in [5, 5.41) is 13.2. The molecule has 0 fully saturated rings. The first-order valence-corrected chi connectivity index (χ1v) is 9.95. The van der Waals surface area contributed by atoms with Crippen LogP contribution in [0.1, 0.15) is 17.5 Å². The van der Waals surface area contributed by atoms with Gasteiger partial charge in [-0.25, -0.2) is 13.4 Å². The van der Waals surface area contributed by atoms with E-state index in [1.54, 1.807) is 55.7 Å². The molecule has 2 heterocycles. The van der Waals surface area contributed by atoms with E-state index < -0.39 is 15.4 Å². The van der Waals surface area contributed by atoms with E-state index >= 15 is 0 Å². The van der Waals surface area contributed by atoms with Crippen molar-refractivity contribution in [2.75, 3.05) is 6.26 Å². The number of aromatic nitrogens is 2. The van der Waals surface area contributed by atoms with Gasteiger partial charge in [0, 0.05) is 35.2 Å². The summed E-state index contributed by atoms with van der Waals surface area (Å²) >= 11 is 1.35. The predicted octanol–water partition coefficient (Wildman–Crippen LogP) is 2.86. The third-order valence-electron chi connectivity index (χ3n) is 3.72. The molecule has 24 heavy (non-hydrogen) atoms. The fourth-order valence-electron chi connectivity index (χ4n) is 2.28. The molecule has 3 rings (SSSR count). The Labute approximate surface area is 144 Å². The van der Waals surface area contributed by atoms with Crippen LogP contribution < -0.4 is 0 Å². The summed E-state index contributed by atoms with van der Waals surface area (Å²) in [6.45, 7) is 1.68. The van der Waals surface area contributed by atoms with Crippen LogP contribution in [0.5, 0.6) is 0 Å². The van der Waals surface area contributed by atoms with E-state index in [4.69, 9.17) is 0 Å². The minimum Gasteiger partial charge on any atom is -0.378 e. The lowest BCUT2D eigenvalue weighted by Crippen LogP contribution is -2.22. The molecule has 7 heteroatoms. The van der Waals surface area contributed by atoms with Gasteiger partial charge in [-0.3, -0.25) is 4.98 Å². The first-order chi connectivity index (χ1) is 11.3. The van der Waals surface area contributed by atoms with Crippen LogP contribution in [0.15, 0.2) is 59.1 Å². The molecule has 0 radical (unpaired) electrons. The summed E-state index contributed by atoms with van der Waals surface area (Å²) in [5.41, 5.74) is 0.925. The molecule has 0 bridgehead atoms. The van der Waals surface area contributed by atoms with Crippen molar-refractivity contribution in [1.82, 2.24) is 9.97 Å². The van der Waals surface area contributed by atoms with Crippen LogP contribution in [-0.2, 0) is 15.4 Å². The van der Waals surface area contributed by atoms with E-state index in [1.165, 1.54) is 17.6 Å². The number of hydrogen-bond acceptors (Lipinski definition) is 6. The third kappa shape index (κ3) is 3.24. The molecule has 0 aliphatic rings. The lowest BCUT2D eigenvalue weighted by atomic mass is 9.99. The molecule has 5 nitrogen and oxygen atoms in total. The maximum atomic E-state index is 11.5. The second-order valence-corrected chi connectivity index (χ2v) is 8.52. The first kappa shape index (κ1) is 16.8. The zero-order valence-electron chi connectivity index (χ0n) is 13.2. The average molecular weight is 360 g/mol. The number of benzene rings is 1.